The average molecular weight is 267 g/mol. The highest BCUT2D eigenvalue weighted by atomic mass is 15.1. The number of fused-ring (bicyclic) bond motifs is 1. The third-order valence-electron chi connectivity index (χ3n) is 3.21. The molecule has 0 unspecified atom stereocenters. The van der Waals surface area contributed by atoms with Crippen molar-refractivity contribution in [2.75, 3.05) is 22.6 Å². The molecule has 0 saturated carbocycles. The molecule has 0 amide bonds. The van der Waals surface area contributed by atoms with Crippen LogP contribution in [-0.4, -0.2) is 6.67 Å². The molecule has 0 aromatic heterocycles. The highest BCUT2D eigenvalue weighted by molar-refractivity contribution is 5.77. The molecule has 20 heavy (non-hydrogen) atoms. The Balaban J connectivity index is 2.21. The Bertz CT molecular complexity index is 594. The van der Waals surface area contributed by atoms with Gasteiger partial charge in [0.05, 0.1) is 18.0 Å². The molecule has 1 aromatic rings. The smallest absolute Gasteiger partial charge is 0.0850 e. The maximum Gasteiger partial charge on any atom is 0.0850 e. The summed E-state index contributed by atoms with van der Waals surface area (Å²) in [6.45, 7) is 12.6. The van der Waals surface area contributed by atoms with Crippen molar-refractivity contribution in [2.45, 2.75) is 13.8 Å². The number of nitrogens with one attached hydrogen (secondary N) is 3. The van der Waals surface area contributed by atoms with Crippen LogP contribution in [0.1, 0.15) is 13.8 Å². The average Bonchev–Trinajstić information content (AvgIpc) is 2.86. The first-order valence-corrected chi connectivity index (χ1v) is 6.66. The number of benzene rings is 1. The molecular formula is C17H21N3. The third-order valence-corrected chi connectivity index (χ3v) is 3.21. The maximum absolute atomic E-state index is 3.96. The molecule has 0 aliphatic carbocycles. The van der Waals surface area contributed by atoms with Gasteiger partial charge in [-0.3, -0.25) is 0 Å². The van der Waals surface area contributed by atoms with Crippen molar-refractivity contribution in [3.63, 3.8) is 0 Å². The second-order valence-electron chi connectivity index (χ2n) is 4.88. The van der Waals surface area contributed by atoms with E-state index in [0.29, 0.717) is 0 Å². The molecular weight excluding hydrogens is 246 g/mol. The summed E-state index contributed by atoms with van der Waals surface area (Å²) in [6.07, 6.45) is 5.80. The van der Waals surface area contributed by atoms with E-state index >= 15 is 0 Å². The zero-order chi connectivity index (χ0) is 14.5. The second-order valence-corrected chi connectivity index (χ2v) is 4.88. The Morgan fingerprint density at radius 2 is 2.00 bits per heavy atom. The van der Waals surface area contributed by atoms with Gasteiger partial charge in [0.1, 0.15) is 0 Å². The van der Waals surface area contributed by atoms with Crippen LogP contribution in [0.4, 0.5) is 17.1 Å². The van der Waals surface area contributed by atoms with Crippen LogP contribution in [0.15, 0.2) is 66.4 Å². The Kier molecular flexibility index (Phi) is 4.31. The molecule has 3 N–H and O–H groups in total. The first kappa shape index (κ1) is 14.0. The van der Waals surface area contributed by atoms with Crippen molar-refractivity contribution in [1.82, 2.24) is 0 Å². The van der Waals surface area contributed by atoms with Crippen molar-refractivity contribution in [2.24, 2.45) is 0 Å². The normalized spacial score (nSPS) is 14.1. The van der Waals surface area contributed by atoms with E-state index in [1.165, 1.54) is 0 Å². The predicted octanol–water partition coefficient (Wildman–Crippen LogP) is 4.49. The molecule has 0 saturated heterocycles. The lowest BCUT2D eigenvalue weighted by Crippen LogP contribution is -1.99. The standard InChI is InChI=1S/C17H21N3/c1-5-6-14(9-13(4)12(2)3)20-15-7-8-16-17(10-15)19-11-18-16/h5-10,18-20H,1-2,11H2,3-4H3/b13-9+,14-6+. The van der Waals surface area contributed by atoms with Crippen LogP contribution in [-0.2, 0) is 0 Å². The Morgan fingerprint density at radius 3 is 2.70 bits per heavy atom. The van der Waals surface area contributed by atoms with Gasteiger partial charge in [-0.1, -0.05) is 24.8 Å². The highest BCUT2D eigenvalue weighted by Gasteiger charge is 2.09. The van der Waals surface area contributed by atoms with Gasteiger partial charge in [-0.15, -0.1) is 0 Å². The fourth-order valence-electron chi connectivity index (χ4n) is 1.93. The highest BCUT2D eigenvalue weighted by Crippen LogP contribution is 2.29. The van der Waals surface area contributed by atoms with Crippen LogP contribution >= 0.6 is 0 Å². The number of anilines is 3. The van der Waals surface area contributed by atoms with E-state index in [4.69, 9.17) is 0 Å². The maximum atomic E-state index is 3.96. The minimum Gasteiger partial charge on any atom is -0.366 e. The van der Waals surface area contributed by atoms with E-state index in [-0.39, 0.29) is 0 Å². The van der Waals surface area contributed by atoms with Crippen LogP contribution in [0.2, 0.25) is 0 Å². The van der Waals surface area contributed by atoms with Gasteiger partial charge in [-0.25, -0.2) is 0 Å². The number of rotatable bonds is 5. The lowest BCUT2D eigenvalue weighted by molar-refractivity contribution is 1.31. The minimum atomic E-state index is 0.781. The van der Waals surface area contributed by atoms with Crippen LogP contribution in [0.25, 0.3) is 0 Å². The Hall–Kier alpha value is -2.42. The summed E-state index contributed by atoms with van der Waals surface area (Å²) in [5.41, 5.74) is 6.49. The lowest BCUT2D eigenvalue weighted by atomic mass is 10.1. The van der Waals surface area contributed by atoms with Gasteiger partial charge < -0.3 is 16.0 Å². The van der Waals surface area contributed by atoms with Gasteiger partial charge in [0, 0.05) is 11.4 Å². The van der Waals surface area contributed by atoms with Crippen LogP contribution in [0.3, 0.4) is 0 Å². The molecule has 2 rings (SSSR count). The molecule has 3 heteroatoms. The van der Waals surface area contributed by atoms with Gasteiger partial charge in [0.25, 0.3) is 0 Å². The van der Waals surface area contributed by atoms with Gasteiger partial charge in [0.15, 0.2) is 0 Å². The Morgan fingerprint density at radius 1 is 1.25 bits per heavy atom. The zero-order valence-electron chi connectivity index (χ0n) is 12.1. The molecule has 0 spiro atoms. The molecule has 1 aliphatic rings. The number of allylic oxidation sites excluding steroid dienone is 5. The first-order valence-electron chi connectivity index (χ1n) is 6.66. The van der Waals surface area contributed by atoms with Crippen molar-refractivity contribution in [1.29, 1.82) is 0 Å². The van der Waals surface area contributed by atoms with Crippen LogP contribution in [0.5, 0.6) is 0 Å². The summed E-state index contributed by atoms with van der Waals surface area (Å²) >= 11 is 0. The van der Waals surface area contributed by atoms with Crippen LogP contribution in [0, 0.1) is 0 Å². The quantitative estimate of drug-likeness (QED) is 0.688. The number of hydrogen-bond acceptors (Lipinski definition) is 3. The fourth-order valence-corrected chi connectivity index (χ4v) is 1.93. The van der Waals surface area contributed by atoms with E-state index in [2.05, 4.69) is 60.3 Å². The van der Waals surface area contributed by atoms with E-state index in [9.17, 15) is 0 Å². The van der Waals surface area contributed by atoms with Gasteiger partial charge >= 0.3 is 0 Å². The van der Waals surface area contributed by atoms with E-state index in [1.807, 2.05) is 13.0 Å². The van der Waals surface area contributed by atoms with Gasteiger partial charge in [0.2, 0.25) is 0 Å². The molecule has 0 fully saturated rings. The molecule has 1 aliphatic heterocycles. The summed E-state index contributed by atoms with van der Waals surface area (Å²) in [4.78, 5) is 0. The fraction of sp³-hybridized carbons (Fsp3) is 0.176. The van der Waals surface area contributed by atoms with E-state index < -0.39 is 0 Å². The molecule has 0 bridgehead atoms. The summed E-state index contributed by atoms with van der Waals surface area (Å²) in [7, 11) is 0. The third kappa shape index (κ3) is 3.32. The monoisotopic (exact) mass is 267 g/mol. The number of hydrogen-bond donors (Lipinski definition) is 3. The van der Waals surface area contributed by atoms with E-state index in [0.717, 1.165) is 40.6 Å². The summed E-state index contributed by atoms with van der Waals surface area (Å²) < 4.78 is 0. The van der Waals surface area contributed by atoms with Gasteiger partial charge in [-0.2, -0.15) is 0 Å². The van der Waals surface area contributed by atoms with Crippen molar-refractivity contribution >= 4 is 17.1 Å². The zero-order valence-corrected chi connectivity index (χ0v) is 12.1. The second kappa shape index (κ2) is 6.15. The Labute approximate surface area is 120 Å². The molecule has 0 radical (unpaired) electrons. The molecule has 104 valence electrons. The summed E-state index contributed by atoms with van der Waals surface area (Å²) in [5, 5.41) is 9.94. The van der Waals surface area contributed by atoms with E-state index in [1.54, 1.807) is 6.08 Å². The molecule has 3 nitrogen and oxygen atoms in total. The van der Waals surface area contributed by atoms with Crippen molar-refractivity contribution in [3.05, 3.63) is 66.4 Å². The minimum absolute atomic E-state index is 0.781. The largest absolute Gasteiger partial charge is 0.366 e. The predicted molar refractivity (Wildman–Crippen MR) is 89.0 cm³/mol. The topological polar surface area (TPSA) is 36.1 Å². The van der Waals surface area contributed by atoms with Crippen molar-refractivity contribution in [3.8, 4) is 0 Å². The molecule has 1 heterocycles. The SMILES string of the molecule is C=C/C=C(\C=C(/C)C(=C)C)Nc1ccc2c(c1)NCN2. The van der Waals surface area contributed by atoms with Gasteiger partial charge in [-0.05, 0) is 49.8 Å². The molecule has 0 atom stereocenters. The summed E-state index contributed by atoms with van der Waals surface area (Å²) in [5.74, 6) is 0. The van der Waals surface area contributed by atoms with Crippen molar-refractivity contribution < 1.29 is 0 Å². The molecule has 1 aromatic carbocycles. The first-order chi connectivity index (χ1) is 9.60. The summed E-state index contributed by atoms with van der Waals surface area (Å²) in [6, 6.07) is 6.22. The lowest BCUT2D eigenvalue weighted by Gasteiger charge is -2.10. The van der Waals surface area contributed by atoms with Crippen LogP contribution < -0.4 is 16.0 Å².